The van der Waals surface area contributed by atoms with Gasteiger partial charge in [0.2, 0.25) is 0 Å². The van der Waals surface area contributed by atoms with Gasteiger partial charge in [0, 0.05) is 6.54 Å². The molecule has 0 unspecified atom stereocenters. The summed E-state index contributed by atoms with van der Waals surface area (Å²) < 4.78 is 22.3. The van der Waals surface area contributed by atoms with Crippen molar-refractivity contribution in [1.82, 2.24) is 10.6 Å². The lowest BCUT2D eigenvalue weighted by Gasteiger charge is -2.17. The quantitative estimate of drug-likeness (QED) is 0.431. The van der Waals surface area contributed by atoms with Crippen LogP contribution in [-0.4, -0.2) is 48.8 Å². The fourth-order valence-electron chi connectivity index (χ4n) is 1.35. The highest BCUT2D eigenvalue weighted by atomic mass is 32.2. The maximum atomic E-state index is 11.2. The van der Waals surface area contributed by atoms with E-state index >= 15 is 0 Å². The molecular weight excluding hydrogens is 236 g/mol. The largest absolute Gasteiger partial charge is 0.390 e. The van der Waals surface area contributed by atoms with Gasteiger partial charge in [-0.2, -0.15) is 0 Å². The van der Waals surface area contributed by atoms with Crippen molar-refractivity contribution in [2.75, 3.05) is 18.1 Å². The van der Waals surface area contributed by atoms with Gasteiger partial charge in [0.05, 0.1) is 23.7 Å². The zero-order valence-corrected chi connectivity index (χ0v) is 9.77. The number of aliphatic hydroxyl groups is 1. The third-order valence-electron chi connectivity index (χ3n) is 2.05. The van der Waals surface area contributed by atoms with E-state index in [1.165, 1.54) is 0 Å². The Morgan fingerprint density at radius 1 is 1.60 bits per heavy atom. The monoisotopic (exact) mass is 250 g/mol. The van der Waals surface area contributed by atoms with Crippen LogP contribution in [0, 0.1) is 0 Å². The maximum absolute atomic E-state index is 11.2. The normalized spacial score (nSPS) is 28.3. The first-order valence-electron chi connectivity index (χ1n) is 4.48. The lowest BCUT2D eigenvalue weighted by atomic mass is 10.2. The molecule has 86 valence electrons. The average molecular weight is 250 g/mol. The summed E-state index contributed by atoms with van der Waals surface area (Å²) in [6.07, 6.45) is 0.744. The fourth-order valence-corrected chi connectivity index (χ4v) is 3.33. The Balaban J connectivity index is 2.46. The highest BCUT2D eigenvalue weighted by Gasteiger charge is 2.36. The van der Waals surface area contributed by atoms with Gasteiger partial charge in [0.25, 0.3) is 0 Å². The van der Waals surface area contributed by atoms with Crippen molar-refractivity contribution in [1.29, 1.82) is 0 Å². The molecule has 0 saturated carbocycles. The maximum Gasteiger partial charge on any atom is 0.166 e. The summed E-state index contributed by atoms with van der Waals surface area (Å²) in [6, 6.07) is -0.514. The topological polar surface area (TPSA) is 78.4 Å². The molecule has 1 aliphatic rings. The second kappa shape index (κ2) is 4.91. The molecule has 1 rings (SSSR count). The third kappa shape index (κ3) is 3.77. The molecule has 1 saturated heterocycles. The Morgan fingerprint density at radius 3 is 2.73 bits per heavy atom. The number of nitrogens with one attached hydrogen (secondary N) is 2. The SMILES string of the molecule is C=CCNC(=S)N[C@H]1CS(=O)(=O)C[C@@H]1O. The van der Waals surface area contributed by atoms with Crippen LogP contribution in [0.1, 0.15) is 0 Å². The molecule has 0 aromatic rings. The summed E-state index contributed by atoms with van der Waals surface area (Å²) in [5.41, 5.74) is 0. The lowest BCUT2D eigenvalue weighted by Crippen LogP contribution is -2.47. The van der Waals surface area contributed by atoms with Crippen molar-refractivity contribution in [3.05, 3.63) is 12.7 Å². The van der Waals surface area contributed by atoms with Crippen LogP contribution in [0.2, 0.25) is 0 Å². The van der Waals surface area contributed by atoms with E-state index in [0.717, 1.165) is 0 Å². The Hall–Kier alpha value is -0.660. The van der Waals surface area contributed by atoms with Crippen molar-refractivity contribution >= 4 is 27.2 Å². The van der Waals surface area contributed by atoms with Gasteiger partial charge >= 0.3 is 0 Å². The number of thiocarbonyl (C=S) groups is 1. The minimum atomic E-state index is -3.13. The van der Waals surface area contributed by atoms with Crippen LogP contribution in [0.15, 0.2) is 12.7 Å². The number of hydrogen-bond donors (Lipinski definition) is 3. The van der Waals surface area contributed by atoms with Crippen LogP contribution in [0.5, 0.6) is 0 Å². The summed E-state index contributed by atoms with van der Waals surface area (Å²) >= 11 is 4.91. The smallest absolute Gasteiger partial charge is 0.166 e. The molecule has 3 N–H and O–H groups in total. The van der Waals surface area contributed by atoms with E-state index in [1.54, 1.807) is 6.08 Å². The van der Waals surface area contributed by atoms with Gasteiger partial charge in [-0.1, -0.05) is 6.08 Å². The van der Waals surface area contributed by atoms with E-state index in [-0.39, 0.29) is 11.5 Å². The molecule has 1 fully saturated rings. The predicted octanol–water partition coefficient (Wildman–Crippen LogP) is -1.21. The molecule has 0 aromatic heterocycles. The molecule has 0 bridgehead atoms. The molecule has 1 aliphatic heterocycles. The van der Waals surface area contributed by atoms with Crippen LogP contribution < -0.4 is 10.6 Å². The molecule has 0 amide bonds. The van der Waals surface area contributed by atoms with Gasteiger partial charge in [0.1, 0.15) is 0 Å². The molecule has 0 aliphatic carbocycles. The van der Waals surface area contributed by atoms with E-state index < -0.39 is 22.0 Å². The molecule has 1 heterocycles. The highest BCUT2D eigenvalue weighted by Crippen LogP contribution is 2.12. The minimum Gasteiger partial charge on any atom is -0.390 e. The van der Waals surface area contributed by atoms with Crippen molar-refractivity contribution < 1.29 is 13.5 Å². The van der Waals surface area contributed by atoms with Crippen LogP contribution in [0.3, 0.4) is 0 Å². The zero-order chi connectivity index (χ0) is 11.5. The summed E-state index contributed by atoms with van der Waals surface area (Å²) in [7, 11) is -3.13. The van der Waals surface area contributed by atoms with Gasteiger partial charge < -0.3 is 15.7 Å². The fraction of sp³-hybridized carbons (Fsp3) is 0.625. The number of hydrogen-bond acceptors (Lipinski definition) is 4. The first-order chi connectivity index (χ1) is 6.94. The van der Waals surface area contributed by atoms with Gasteiger partial charge in [-0.15, -0.1) is 6.58 Å². The summed E-state index contributed by atoms with van der Waals surface area (Å²) in [4.78, 5) is 0. The predicted molar refractivity (Wildman–Crippen MR) is 62.4 cm³/mol. The number of aliphatic hydroxyl groups excluding tert-OH is 1. The van der Waals surface area contributed by atoms with Gasteiger partial charge in [-0.3, -0.25) is 0 Å². The first-order valence-corrected chi connectivity index (χ1v) is 6.71. The Kier molecular flexibility index (Phi) is 4.06. The average Bonchev–Trinajstić information content (AvgIpc) is 2.36. The van der Waals surface area contributed by atoms with E-state index in [1.807, 2.05) is 0 Å². The molecule has 0 aromatic carbocycles. The summed E-state index contributed by atoms with van der Waals surface area (Å²) in [6.45, 7) is 4.01. The molecule has 5 nitrogen and oxygen atoms in total. The summed E-state index contributed by atoms with van der Waals surface area (Å²) in [5, 5.41) is 15.3. The van der Waals surface area contributed by atoms with Crippen molar-refractivity contribution in [3.8, 4) is 0 Å². The van der Waals surface area contributed by atoms with Crippen LogP contribution in [0.4, 0.5) is 0 Å². The third-order valence-corrected chi connectivity index (χ3v) is 4.02. The Morgan fingerprint density at radius 2 is 2.27 bits per heavy atom. The Bertz CT molecular complexity index is 353. The molecule has 15 heavy (non-hydrogen) atoms. The van der Waals surface area contributed by atoms with Crippen LogP contribution >= 0.6 is 12.2 Å². The van der Waals surface area contributed by atoms with Crippen LogP contribution in [0.25, 0.3) is 0 Å². The zero-order valence-electron chi connectivity index (χ0n) is 8.14. The Labute approximate surface area is 94.5 Å². The van der Waals surface area contributed by atoms with Crippen molar-refractivity contribution in [2.24, 2.45) is 0 Å². The number of sulfone groups is 1. The standard InChI is InChI=1S/C8H14N2O3S2/c1-2-3-9-8(14)10-6-4-15(12,13)5-7(6)11/h2,6-7,11H,1,3-5H2,(H2,9,10,14)/t6-,7-/m0/s1. The molecule has 2 atom stereocenters. The minimum absolute atomic E-state index is 0.0793. The molecule has 0 spiro atoms. The van der Waals surface area contributed by atoms with Gasteiger partial charge in [-0.25, -0.2) is 8.42 Å². The second-order valence-electron chi connectivity index (χ2n) is 3.39. The van der Waals surface area contributed by atoms with Gasteiger partial charge in [0.15, 0.2) is 14.9 Å². The van der Waals surface area contributed by atoms with Gasteiger partial charge in [-0.05, 0) is 12.2 Å². The highest BCUT2D eigenvalue weighted by molar-refractivity contribution is 7.91. The molecule has 0 radical (unpaired) electrons. The molecular formula is C8H14N2O3S2. The van der Waals surface area contributed by atoms with E-state index in [0.29, 0.717) is 11.7 Å². The first kappa shape index (κ1) is 12.4. The van der Waals surface area contributed by atoms with E-state index in [4.69, 9.17) is 12.2 Å². The van der Waals surface area contributed by atoms with Crippen LogP contribution in [-0.2, 0) is 9.84 Å². The van der Waals surface area contributed by atoms with E-state index in [2.05, 4.69) is 17.2 Å². The summed E-state index contributed by atoms with van der Waals surface area (Å²) in [5.74, 6) is -0.279. The second-order valence-corrected chi connectivity index (χ2v) is 5.96. The molecule has 7 heteroatoms. The number of rotatable bonds is 3. The van der Waals surface area contributed by atoms with Crippen molar-refractivity contribution in [2.45, 2.75) is 12.1 Å². The van der Waals surface area contributed by atoms with Crippen molar-refractivity contribution in [3.63, 3.8) is 0 Å². The lowest BCUT2D eigenvalue weighted by molar-refractivity contribution is 0.175. The van der Waals surface area contributed by atoms with E-state index in [9.17, 15) is 13.5 Å².